The van der Waals surface area contributed by atoms with Gasteiger partial charge in [-0.2, -0.15) is 0 Å². The van der Waals surface area contributed by atoms with Gasteiger partial charge >= 0.3 is 6.09 Å². The molecule has 4 rings (SSSR count). The van der Waals surface area contributed by atoms with Crippen LogP contribution in [-0.4, -0.2) is 75.8 Å². The second-order valence-corrected chi connectivity index (χ2v) is 12.0. The summed E-state index contributed by atoms with van der Waals surface area (Å²) in [5.41, 5.74) is 0.474. The molecule has 0 unspecified atom stereocenters. The Hall–Kier alpha value is -1.68. The van der Waals surface area contributed by atoms with Crippen molar-refractivity contribution in [2.75, 3.05) is 38.7 Å². The SMILES string of the molecule is CCCCOC(=O)N1CCC[C@@]2(COCCS(=O)(=O)N2)[C@@H]1CO[C@H]1CC[C@@H](c2ccccc2)CC1. The summed E-state index contributed by atoms with van der Waals surface area (Å²) in [6, 6.07) is 10.1. The van der Waals surface area contributed by atoms with Gasteiger partial charge in [0.25, 0.3) is 0 Å². The number of ether oxygens (including phenoxy) is 3. The lowest BCUT2D eigenvalue weighted by molar-refractivity contribution is -0.0620. The van der Waals surface area contributed by atoms with E-state index in [4.69, 9.17) is 14.2 Å². The Bertz CT molecular complexity index is 919. The fourth-order valence-electron chi connectivity index (χ4n) is 5.66. The number of hydrogen-bond acceptors (Lipinski definition) is 6. The summed E-state index contributed by atoms with van der Waals surface area (Å²) in [6.07, 6.45) is 6.71. The zero-order valence-electron chi connectivity index (χ0n) is 20.8. The van der Waals surface area contributed by atoms with Crippen LogP contribution < -0.4 is 4.72 Å². The molecule has 8 nitrogen and oxygen atoms in total. The fraction of sp³-hybridized carbons (Fsp3) is 0.731. The second-order valence-electron chi connectivity index (χ2n) is 10.1. The number of carbonyl (C=O) groups is 1. The molecule has 1 aromatic carbocycles. The van der Waals surface area contributed by atoms with Gasteiger partial charge in [-0.25, -0.2) is 17.9 Å². The quantitative estimate of drug-likeness (QED) is 0.563. The van der Waals surface area contributed by atoms with E-state index >= 15 is 0 Å². The number of unbranched alkanes of at least 4 members (excludes halogenated alkanes) is 1. The molecule has 3 fully saturated rings. The maximum absolute atomic E-state index is 13.0. The molecule has 1 spiro atoms. The lowest BCUT2D eigenvalue weighted by Gasteiger charge is -2.48. The van der Waals surface area contributed by atoms with Crippen molar-refractivity contribution in [3.63, 3.8) is 0 Å². The molecule has 3 aliphatic rings. The molecule has 2 saturated heterocycles. The highest BCUT2D eigenvalue weighted by atomic mass is 32.2. The van der Waals surface area contributed by atoms with Gasteiger partial charge in [0, 0.05) is 6.54 Å². The highest BCUT2D eigenvalue weighted by Crippen LogP contribution is 2.36. The topological polar surface area (TPSA) is 94.2 Å². The van der Waals surface area contributed by atoms with Crippen molar-refractivity contribution < 1.29 is 27.4 Å². The molecular formula is C26H40N2O6S. The highest BCUT2D eigenvalue weighted by Gasteiger charge is 2.50. The van der Waals surface area contributed by atoms with Crippen LogP contribution >= 0.6 is 0 Å². The van der Waals surface area contributed by atoms with Gasteiger partial charge < -0.3 is 19.1 Å². The van der Waals surface area contributed by atoms with E-state index in [1.807, 2.05) is 13.0 Å². The van der Waals surface area contributed by atoms with E-state index in [9.17, 15) is 13.2 Å². The normalized spacial score (nSPS) is 31.1. The van der Waals surface area contributed by atoms with Crippen LogP contribution in [0.3, 0.4) is 0 Å². The third-order valence-corrected chi connectivity index (χ3v) is 9.07. The van der Waals surface area contributed by atoms with Gasteiger partial charge in [0.1, 0.15) is 0 Å². The molecule has 1 saturated carbocycles. The third kappa shape index (κ3) is 6.76. The highest BCUT2D eigenvalue weighted by molar-refractivity contribution is 7.89. The van der Waals surface area contributed by atoms with E-state index in [2.05, 4.69) is 29.0 Å². The number of rotatable bonds is 7. The molecular weight excluding hydrogens is 468 g/mol. The molecule has 2 aliphatic heterocycles. The van der Waals surface area contributed by atoms with Crippen LogP contribution in [-0.2, 0) is 24.2 Å². The molecule has 196 valence electrons. The van der Waals surface area contributed by atoms with Crippen molar-refractivity contribution >= 4 is 16.1 Å². The number of nitrogens with one attached hydrogen (secondary N) is 1. The van der Waals surface area contributed by atoms with E-state index in [1.165, 1.54) is 5.56 Å². The monoisotopic (exact) mass is 508 g/mol. The summed E-state index contributed by atoms with van der Waals surface area (Å²) in [6.45, 7) is 3.55. The number of nitrogens with zero attached hydrogens (tertiary/aromatic N) is 1. The van der Waals surface area contributed by atoms with Crippen molar-refractivity contribution in [3.8, 4) is 0 Å². The molecule has 0 aromatic heterocycles. The Morgan fingerprint density at radius 1 is 1.20 bits per heavy atom. The summed E-state index contributed by atoms with van der Waals surface area (Å²) in [7, 11) is -3.52. The van der Waals surface area contributed by atoms with Crippen LogP contribution in [0, 0.1) is 0 Å². The van der Waals surface area contributed by atoms with E-state index in [-0.39, 0.29) is 31.7 Å². The number of likely N-dealkylation sites (tertiary alicyclic amines) is 1. The smallest absolute Gasteiger partial charge is 0.410 e. The molecule has 0 bridgehead atoms. The average molecular weight is 509 g/mol. The molecule has 1 aromatic rings. The average Bonchev–Trinajstić information content (AvgIpc) is 3.01. The molecule has 2 atom stereocenters. The Morgan fingerprint density at radius 3 is 2.71 bits per heavy atom. The lowest BCUT2D eigenvalue weighted by Crippen LogP contribution is -2.69. The largest absolute Gasteiger partial charge is 0.449 e. The Kier molecular flexibility index (Phi) is 9.07. The van der Waals surface area contributed by atoms with Gasteiger partial charge in [0.2, 0.25) is 10.0 Å². The first-order valence-corrected chi connectivity index (χ1v) is 14.8. The van der Waals surface area contributed by atoms with Crippen molar-refractivity contribution in [1.82, 2.24) is 9.62 Å². The number of sulfonamides is 1. The summed E-state index contributed by atoms with van der Waals surface area (Å²) < 4.78 is 46.0. The molecule has 9 heteroatoms. The number of hydrogen-bond donors (Lipinski definition) is 1. The van der Waals surface area contributed by atoms with Crippen LogP contribution in [0.4, 0.5) is 4.79 Å². The molecule has 1 N–H and O–H groups in total. The number of benzene rings is 1. The van der Waals surface area contributed by atoms with Crippen LogP contribution in [0.5, 0.6) is 0 Å². The minimum absolute atomic E-state index is 0.0766. The first kappa shape index (κ1) is 26.4. The molecule has 35 heavy (non-hydrogen) atoms. The third-order valence-electron chi connectivity index (χ3n) is 7.64. The van der Waals surface area contributed by atoms with Gasteiger partial charge in [-0.3, -0.25) is 0 Å². The van der Waals surface area contributed by atoms with E-state index in [0.717, 1.165) is 38.5 Å². The van der Waals surface area contributed by atoms with Crippen molar-refractivity contribution in [3.05, 3.63) is 35.9 Å². The summed E-state index contributed by atoms with van der Waals surface area (Å²) in [5.74, 6) is 0.469. The number of amides is 1. The first-order chi connectivity index (χ1) is 16.9. The van der Waals surface area contributed by atoms with Crippen molar-refractivity contribution in [2.24, 2.45) is 0 Å². The number of piperidine rings is 1. The second kappa shape index (κ2) is 12.0. The fourth-order valence-corrected chi connectivity index (χ4v) is 7.01. The molecule has 0 radical (unpaired) electrons. The minimum atomic E-state index is -3.52. The molecule has 1 aliphatic carbocycles. The van der Waals surface area contributed by atoms with Crippen LogP contribution in [0.2, 0.25) is 0 Å². The Morgan fingerprint density at radius 2 is 1.97 bits per heavy atom. The summed E-state index contributed by atoms with van der Waals surface area (Å²) in [5, 5.41) is 0. The first-order valence-electron chi connectivity index (χ1n) is 13.1. The molecule has 2 heterocycles. The lowest BCUT2D eigenvalue weighted by atomic mass is 9.82. The standard InChI is InChI=1S/C26H40N2O6S/c1-2-3-16-33-25(29)28-15-7-14-26(20-32-17-18-35(30,31)27-26)24(28)19-34-23-12-10-22(11-13-23)21-8-5-4-6-9-21/h4-6,8-9,22-24,27H,2-3,7,10-20H2,1H3/t22-,23+,24-,26+/m0/s1. The van der Waals surface area contributed by atoms with Gasteiger partial charge in [-0.1, -0.05) is 43.7 Å². The summed E-state index contributed by atoms with van der Waals surface area (Å²) in [4.78, 5) is 14.7. The van der Waals surface area contributed by atoms with Crippen LogP contribution in [0.25, 0.3) is 0 Å². The Balaban J connectivity index is 1.45. The predicted octanol–water partition coefficient (Wildman–Crippen LogP) is 3.82. The van der Waals surface area contributed by atoms with Gasteiger partial charge in [-0.15, -0.1) is 0 Å². The maximum Gasteiger partial charge on any atom is 0.410 e. The number of carbonyl (C=O) groups excluding carboxylic acids is 1. The van der Waals surface area contributed by atoms with Crippen molar-refractivity contribution in [1.29, 1.82) is 0 Å². The zero-order chi connectivity index (χ0) is 24.7. The summed E-state index contributed by atoms with van der Waals surface area (Å²) >= 11 is 0. The van der Waals surface area contributed by atoms with Crippen LogP contribution in [0.15, 0.2) is 30.3 Å². The van der Waals surface area contributed by atoms with Crippen LogP contribution in [0.1, 0.15) is 69.8 Å². The predicted molar refractivity (Wildman–Crippen MR) is 134 cm³/mol. The molecule has 1 amide bonds. The van der Waals surface area contributed by atoms with Gasteiger partial charge in [0.05, 0.1) is 49.9 Å². The van der Waals surface area contributed by atoms with E-state index in [0.29, 0.717) is 31.9 Å². The zero-order valence-corrected chi connectivity index (χ0v) is 21.6. The minimum Gasteiger partial charge on any atom is -0.449 e. The Labute approximate surface area is 209 Å². The van der Waals surface area contributed by atoms with Gasteiger partial charge in [0.15, 0.2) is 0 Å². The van der Waals surface area contributed by atoms with E-state index in [1.54, 1.807) is 4.90 Å². The van der Waals surface area contributed by atoms with Crippen molar-refractivity contribution in [2.45, 2.75) is 81.9 Å². The van der Waals surface area contributed by atoms with E-state index < -0.39 is 27.7 Å². The van der Waals surface area contributed by atoms with Gasteiger partial charge in [-0.05, 0) is 56.4 Å². The maximum atomic E-state index is 13.0.